The summed E-state index contributed by atoms with van der Waals surface area (Å²) in [5.74, 6) is 0.251. The van der Waals surface area contributed by atoms with E-state index in [9.17, 15) is 13.2 Å². The summed E-state index contributed by atoms with van der Waals surface area (Å²) in [6, 6.07) is 6.42. The number of rotatable bonds is 9. The van der Waals surface area contributed by atoms with Gasteiger partial charge in [-0.25, -0.2) is 0 Å². The molecule has 0 radical (unpaired) electrons. The molecule has 0 amide bonds. The Morgan fingerprint density at radius 2 is 1.57 bits per heavy atom. The van der Waals surface area contributed by atoms with Crippen molar-refractivity contribution in [2.24, 2.45) is 5.16 Å². The lowest BCUT2D eigenvalue weighted by Gasteiger charge is -2.30. The molecule has 1 unspecified atom stereocenters. The second kappa shape index (κ2) is 11.5. The van der Waals surface area contributed by atoms with E-state index in [1.165, 1.54) is 12.1 Å². The van der Waals surface area contributed by atoms with Crippen LogP contribution in [0.1, 0.15) is 72.4 Å². The van der Waals surface area contributed by atoms with Gasteiger partial charge in [-0.2, -0.15) is 8.42 Å². The molecule has 0 aliphatic heterocycles. The lowest BCUT2D eigenvalue weighted by molar-refractivity contribution is -0.116. The average molecular weight is 528 g/mol. The number of Topliss-reactive ketones (excluding diaryl/α,β-unsaturated/α-hetero) is 1. The molecule has 3 rings (SSSR count). The molecule has 0 saturated carbocycles. The first-order valence-corrected chi connectivity index (χ1v) is 14.0. The number of carbonyl (C=O) groups excluding carboxylic acids is 1. The third-order valence-electron chi connectivity index (χ3n) is 7.16. The highest BCUT2D eigenvalue weighted by Crippen LogP contribution is 2.45. The molecule has 8 heteroatoms. The highest BCUT2D eigenvalue weighted by molar-refractivity contribution is 7.86. The Morgan fingerprint density at radius 3 is 2.14 bits per heavy atom. The van der Waals surface area contributed by atoms with Crippen molar-refractivity contribution in [2.45, 2.75) is 78.5 Å². The maximum Gasteiger partial charge on any atom is 0.338 e. The second-order valence-corrected chi connectivity index (χ2v) is 11.0. The molecule has 0 saturated heterocycles. The van der Waals surface area contributed by atoms with Crippen LogP contribution in [0.3, 0.4) is 0 Å². The Kier molecular flexibility index (Phi) is 8.84. The molecule has 0 heterocycles. The van der Waals surface area contributed by atoms with Crippen molar-refractivity contribution >= 4 is 21.6 Å². The maximum absolute atomic E-state index is 13.7. The van der Waals surface area contributed by atoms with Gasteiger partial charge < -0.3 is 13.8 Å². The van der Waals surface area contributed by atoms with Crippen molar-refractivity contribution in [3.05, 3.63) is 69.0 Å². The van der Waals surface area contributed by atoms with Gasteiger partial charge in [0, 0.05) is 24.3 Å². The molecule has 2 aromatic carbocycles. The number of allylic oxidation sites excluding steroid dienone is 2. The molecule has 2 aromatic rings. The van der Waals surface area contributed by atoms with Crippen LogP contribution in [0.25, 0.3) is 0 Å². The van der Waals surface area contributed by atoms with Crippen LogP contribution in [-0.4, -0.2) is 33.6 Å². The topological polar surface area (TPSA) is 91.3 Å². The predicted octanol–water partition coefficient (Wildman–Crippen LogP) is 6.15. The summed E-state index contributed by atoms with van der Waals surface area (Å²) in [4.78, 5) is 18.9. The third kappa shape index (κ3) is 5.74. The van der Waals surface area contributed by atoms with Crippen molar-refractivity contribution in [2.75, 3.05) is 13.7 Å². The number of hydrogen-bond acceptors (Lipinski definition) is 7. The van der Waals surface area contributed by atoms with E-state index < -0.39 is 10.1 Å². The van der Waals surface area contributed by atoms with E-state index >= 15 is 0 Å². The number of hydrogen-bond donors (Lipinski definition) is 0. The zero-order valence-electron chi connectivity index (χ0n) is 23.0. The van der Waals surface area contributed by atoms with Gasteiger partial charge in [0.2, 0.25) is 0 Å². The van der Waals surface area contributed by atoms with Crippen molar-refractivity contribution < 1.29 is 27.0 Å². The third-order valence-corrected chi connectivity index (χ3v) is 8.43. The van der Waals surface area contributed by atoms with E-state index in [4.69, 9.17) is 13.8 Å². The highest BCUT2D eigenvalue weighted by Gasteiger charge is 2.37. The van der Waals surface area contributed by atoms with Crippen molar-refractivity contribution in [3.63, 3.8) is 0 Å². The number of carbonyl (C=O) groups is 1. The second-order valence-electron chi connectivity index (χ2n) is 9.43. The van der Waals surface area contributed by atoms with Crippen molar-refractivity contribution in [1.29, 1.82) is 0 Å². The Morgan fingerprint density at radius 1 is 0.946 bits per heavy atom. The summed E-state index contributed by atoms with van der Waals surface area (Å²) in [6.45, 7) is 14.0. The Bertz CT molecular complexity index is 1350. The molecule has 0 bridgehead atoms. The van der Waals surface area contributed by atoms with Crippen LogP contribution in [0.2, 0.25) is 0 Å². The molecular formula is C29H37NO6S. The molecule has 200 valence electrons. The number of ether oxygens (including phenoxy) is 1. The first-order chi connectivity index (χ1) is 17.5. The van der Waals surface area contributed by atoms with E-state index in [2.05, 4.69) is 19.0 Å². The predicted molar refractivity (Wildman–Crippen MR) is 145 cm³/mol. The fourth-order valence-electron chi connectivity index (χ4n) is 4.86. The Balaban J connectivity index is 2.20. The molecular weight excluding hydrogens is 490 g/mol. The van der Waals surface area contributed by atoms with Crippen LogP contribution in [0.5, 0.6) is 5.75 Å². The van der Waals surface area contributed by atoms with Gasteiger partial charge in [-0.15, -0.1) is 0 Å². The summed E-state index contributed by atoms with van der Waals surface area (Å²) in [7, 11) is -2.57. The minimum Gasteiger partial charge on any atom is -0.496 e. The van der Waals surface area contributed by atoms with Crippen LogP contribution >= 0.6 is 0 Å². The standard InChI is InChI=1S/C29H37NO6S/c1-9-24(30-35-10-2)28-25(31)15-22(27-20(6)18(4)19(5)21(7)29(27)34-8)16-26(28)36-37(32,33)23-13-11-17(3)12-14-23/h11-14,22H,9-10,15-16H2,1-8H3. The SMILES string of the molecule is CCON=C(CC)C1=C(OS(=O)(=O)c2ccc(C)cc2)CC(c2c(C)c(C)c(C)c(C)c2OC)CC1=O. The molecule has 0 spiro atoms. The first kappa shape index (κ1) is 28.4. The first-order valence-electron chi connectivity index (χ1n) is 12.6. The zero-order chi connectivity index (χ0) is 27.5. The minimum absolute atomic E-state index is 0.0232. The van der Waals surface area contributed by atoms with Gasteiger partial charge in [-0.05, 0) is 82.3 Å². The average Bonchev–Trinajstić information content (AvgIpc) is 2.86. The molecule has 0 fully saturated rings. The van der Waals surface area contributed by atoms with E-state index in [1.54, 1.807) is 26.2 Å². The van der Waals surface area contributed by atoms with Crippen LogP contribution < -0.4 is 4.74 Å². The minimum atomic E-state index is -4.19. The monoisotopic (exact) mass is 527 g/mol. The van der Waals surface area contributed by atoms with Gasteiger partial charge in [0.05, 0.1) is 18.4 Å². The number of aryl methyl sites for hydroxylation is 1. The number of benzene rings is 2. The maximum atomic E-state index is 13.7. The van der Waals surface area contributed by atoms with Gasteiger partial charge in [-0.1, -0.05) is 29.8 Å². The van der Waals surface area contributed by atoms with Crippen LogP contribution in [0.4, 0.5) is 0 Å². The summed E-state index contributed by atoms with van der Waals surface area (Å²) in [5, 5.41) is 4.13. The molecule has 1 aliphatic carbocycles. The van der Waals surface area contributed by atoms with E-state index in [-0.39, 0.29) is 40.8 Å². The Labute approximate surface area is 220 Å². The van der Waals surface area contributed by atoms with Crippen molar-refractivity contribution in [1.82, 2.24) is 0 Å². The van der Waals surface area contributed by atoms with Gasteiger partial charge in [0.1, 0.15) is 23.0 Å². The largest absolute Gasteiger partial charge is 0.496 e. The number of ketones is 1. The fourth-order valence-corrected chi connectivity index (χ4v) is 5.84. The number of nitrogens with zero attached hydrogens (tertiary/aromatic N) is 1. The summed E-state index contributed by atoms with van der Waals surface area (Å²) in [5.41, 5.74) is 6.68. The molecule has 1 atom stereocenters. The van der Waals surface area contributed by atoms with E-state index in [1.807, 2.05) is 27.7 Å². The van der Waals surface area contributed by atoms with Crippen LogP contribution in [-0.2, 0) is 23.9 Å². The van der Waals surface area contributed by atoms with E-state index in [0.29, 0.717) is 18.7 Å². The number of methoxy groups -OCH3 is 1. The van der Waals surface area contributed by atoms with E-state index in [0.717, 1.165) is 39.1 Å². The van der Waals surface area contributed by atoms with Crippen molar-refractivity contribution in [3.8, 4) is 5.75 Å². The van der Waals surface area contributed by atoms with Gasteiger partial charge in [0.15, 0.2) is 5.78 Å². The molecule has 0 N–H and O–H groups in total. The smallest absolute Gasteiger partial charge is 0.338 e. The zero-order valence-corrected chi connectivity index (χ0v) is 23.8. The molecule has 7 nitrogen and oxygen atoms in total. The van der Waals surface area contributed by atoms with Crippen LogP contribution in [0.15, 0.2) is 45.6 Å². The van der Waals surface area contributed by atoms with Gasteiger partial charge >= 0.3 is 10.1 Å². The summed E-state index contributed by atoms with van der Waals surface area (Å²) >= 11 is 0. The summed E-state index contributed by atoms with van der Waals surface area (Å²) < 4.78 is 38.2. The fraction of sp³-hybridized carbons (Fsp3) is 0.448. The quantitative estimate of drug-likeness (QED) is 0.221. The molecule has 0 aromatic heterocycles. The molecule has 1 aliphatic rings. The number of oxime groups is 1. The highest BCUT2D eigenvalue weighted by atomic mass is 32.2. The molecule has 37 heavy (non-hydrogen) atoms. The lowest BCUT2D eigenvalue weighted by Crippen LogP contribution is -2.27. The lowest BCUT2D eigenvalue weighted by atomic mass is 9.77. The normalized spacial score (nSPS) is 16.7. The Hall–Kier alpha value is -3.13. The van der Waals surface area contributed by atoms with Crippen LogP contribution in [0, 0.1) is 34.6 Å². The van der Waals surface area contributed by atoms with Gasteiger partial charge in [0.25, 0.3) is 0 Å². The van der Waals surface area contributed by atoms with Gasteiger partial charge in [-0.3, -0.25) is 4.79 Å². The summed E-state index contributed by atoms with van der Waals surface area (Å²) in [6.07, 6.45) is 0.766.